The Bertz CT molecular complexity index is 223. The molecule has 52 valence electrons. The van der Waals surface area contributed by atoms with Gasteiger partial charge in [-0.25, -0.2) is 0 Å². The Hall–Kier alpha value is -1.05. The van der Waals surface area contributed by atoms with Crippen LogP contribution in [0.3, 0.4) is 0 Å². The van der Waals surface area contributed by atoms with Crippen LogP contribution in [0.15, 0.2) is 28.7 Å². The lowest BCUT2D eigenvalue weighted by Gasteiger charge is -2.17. The summed E-state index contributed by atoms with van der Waals surface area (Å²) in [6, 6.07) is 0. The number of nitrogens with one attached hydrogen (secondary N) is 1. The third kappa shape index (κ3) is 0.856. The predicted molar refractivity (Wildman–Crippen MR) is 41.6 cm³/mol. The number of dihydropyridines is 1. The maximum absolute atomic E-state index is 4.29. The standard InChI is InChI=1S/C8H10N2/c1-3-7-8(9-5-1)4-2-6-10-7/h1,5-6,9H,2-4H2. The first kappa shape index (κ1) is 5.71. The van der Waals surface area contributed by atoms with Gasteiger partial charge in [0.25, 0.3) is 0 Å². The molecule has 0 bridgehead atoms. The molecule has 0 aromatic carbocycles. The lowest BCUT2D eigenvalue weighted by Crippen LogP contribution is -2.13. The van der Waals surface area contributed by atoms with E-state index >= 15 is 0 Å². The fourth-order valence-electron chi connectivity index (χ4n) is 1.27. The van der Waals surface area contributed by atoms with Crippen molar-refractivity contribution in [2.45, 2.75) is 19.3 Å². The van der Waals surface area contributed by atoms with Crippen LogP contribution in [-0.4, -0.2) is 6.21 Å². The van der Waals surface area contributed by atoms with E-state index in [9.17, 15) is 0 Å². The van der Waals surface area contributed by atoms with E-state index in [1.807, 2.05) is 12.4 Å². The zero-order chi connectivity index (χ0) is 6.81. The third-order valence-corrected chi connectivity index (χ3v) is 1.81. The van der Waals surface area contributed by atoms with Crippen molar-refractivity contribution < 1.29 is 0 Å². The van der Waals surface area contributed by atoms with Gasteiger partial charge in [-0.1, -0.05) is 6.08 Å². The second kappa shape index (κ2) is 2.29. The molecule has 0 saturated carbocycles. The van der Waals surface area contributed by atoms with Gasteiger partial charge in [0.2, 0.25) is 0 Å². The number of allylic oxidation sites excluding steroid dienone is 2. The van der Waals surface area contributed by atoms with E-state index in [-0.39, 0.29) is 0 Å². The summed E-state index contributed by atoms with van der Waals surface area (Å²) in [4.78, 5) is 4.29. The largest absolute Gasteiger partial charge is 0.364 e. The fourth-order valence-corrected chi connectivity index (χ4v) is 1.27. The quantitative estimate of drug-likeness (QED) is 0.534. The summed E-state index contributed by atoms with van der Waals surface area (Å²) in [5.41, 5.74) is 2.53. The summed E-state index contributed by atoms with van der Waals surface area (Å²) in [6.45, 7) is 0. The molecule has 2 aliphatic heterocycles. The SMILES string of the molecule is C1=CNC2=C(C1)N=CCC2. The van der Waals surface area contributed by atoms with Gasteiger partial charge in [-0.3, -0.25) is 4.99 Å². The molecule has 10 heavy (non-hydrogen) atoms. The smallest absolute Gasteiger partial charge is 0.0630 e. The highest BCUT2D eigenvalue weighted by atomic mass is 14.9. The first-order valence-corrected chi connectivity index (χ1v) is 3.63. The molecule has 2 heterocycles. The number of nitrogens with zero attached hydrogens (tertiary/aromatic N) is 1. The van der Waals surface area contributed by atoms with Crippen molar-refractivity contribution >= 4 is 6.21 Å². The summed E-state index contributed by atoms with van der Waals surface area (Å²) in [5, 5.41) is 3.21. The van der Waals surface area contributed by atoms with Gasteiger partial charge < -0.3 is 5.32 Å². The number of rotatable bonds is 0. The van der Waals surface area contributed by atoms with Gasteiger partial charge >= 0.3 is 0 Å². The van der Waals surface area contributed by atoms with E-state index in [0.717, 1.165) is 19.3 Å². The van der Waals surface area contributed by atoms with Crippen LogP contribution in [0.2, 0.25) is 0 Å². The van der Waals surface area contributed by atoms with Crippen molar-refractivity contribution in [2.24, 2.45) is 4.99 Å². The summed E-state index contributed by atoms with van der Waals surface area (Å²) in [7, 11) is 0. The van der Waals surface area contributed by atoms with Crippen LogP contribution in [0, 0.1) is 0 Å². The first-order chi connectivity index (χ1) is 4.97. The van der Waals surface area contributed by atoms with E-state index in [4.69, 9.17) is 0 Å². The van der Waals surface area contributed by atoms with Crippen LogP contribution in [0.1, 0.15) is 19.3 Å². The highest BCUT2D eigenvalue weighted by Gasteiger charge is 2.09. The van der Waals surface area contributed by atoms with Crippen LogP contribution in [-0.2, 0) is 0 Å². The molecule has 0 atom stereocenters. The van der Waals surface area contributed by atoms with Gasteiger partial charge in [0.1, 0.15) is 0 Å². The van der Waals surface area contributed by atoms with Crippen molar-refractivity contribution in [2.75, 3.05) is 0 Å². The summed E-state index contributed by atoms with van der Waals surface area (Å²) >= 11 is 0. The number of aliphatic imine (C=N–C) groups is 1. The van der Waals surface area contributed by atoms with Crippen molar-refractivity contribution in [1.29, 1.82) is 0 Å². The van der Waals surface area contributed by atoms with Gasteiger partial charge in [0.15, 0.2) is 0 Å². The lowest BCUT2D eigenvalue weighted by atomic mass is 10.1. The van der Waals surface area contributed by atoms with Gasteiger partial charge in [-0.15, -0.1) is 0 Å². The van der Waals surface area contributed by atoms with E-state index < -0.39 is 0 Å². The molecule has 0 aromatic rings. The van der Waals surface area contributed by atoms with Gasteiger partial charge in [-0.05, 0) is 19.0 Å². The molecule has 0 unspecified atom stereocenters. The molecule has 0 fully saturated rings. The molecular weight excluding hydrogens is 124 g/mol. The monoisotopic (exact) mass is 134 g/mol. The van der Waals surface area contributed by atoms with Gasteiger partial charge in [-0.2, -0.15) is 0 Å². The molecule has 0 amide bonds. The number of hydrogen-bond acceptors (Lipinski definition) is 2. The molecule has 2 heteroatoms. The second-order valence-corrected chi connectivity index (χ2v) is 2.53. The lowest BCUT2D eigenvalue weighted by molar-refractivity contribution is 0.819. The molecule has 0 aliphatic carbocycles. The summed E-state index contributed by atoms with van der Waals surface area (Å²) < 4.78 is 0. The average molecular weight is 134 g/mol. The van der Waals surface area contributed by atoms with E-state index in [2.05, 4.69) is 16.4 Å². The molecule has 0 aromatic heterocycles. The minimum absolute atomic E-state index is 0.999. The summed E-state index contributed by atoms with van der Waals surface area (Å²) in [6.07, 6.45) is 9.31. The van der Waals surface area contributed by atoms with E-state index in [1.165, 1.54) is 11.4 Å². The normalized spacial score (nSPS) is 22.4. The zero-order valence-corrected chi connectivity index (χ0v) is 5.80. The maximum Gasteiger partial charge on any atom is 0.0630 e. The molecule has 0 radical (unpaired) electrons. The second-order valence-electron chi connectivity index (χ2n) is 2.53. The molecular formula is C8H10N2. The molecule has 0 spiro atoms. The van der Waals surface area contributed by atoms with Gasteiger partial charge in [0, 0.05) is 18.3 Å². The Labute approximate surface area is 60.3 Å². The van der Waals surface area contributed by atoms with Crippen molar-refractivity contribution in [3.05, 3.63) is 23.7 Å². The molecule has 2 aliphatic rings. The van der Waals surface area contributed by atoms with Crippen molar-refractivity contribution in [3.8, 4) is 0 Å². The predicted octanol–water partition coefficient (Wildman–Crippen LogP) is 1.57. The Kier molecular flexibility index (Phi) is 1.31. The van der Waals surface area contributed by atoms with E-state index in [0.29, 0.717) is 0 Å². The Morgan fingerprint density at radius 3 is 3.40 bits per heavy atom. The Morgan fingerprint density at radius 2 is 2.50 bits per heavy atom. The fraction of sp³-hybridized carbons (Fsp3) is 0.375. The topological polar surface area (TPSA) is 24.4 Å². The number of hydrogen-bond donors (Lipinski definition) is 1. The highest BCUT2D eigenvalue weighted by Crippen LogP contribution is 2.19. The zero-order valence-electron chi connectivity index (χ0n) is 5.80. The minimum Gasteiger partial charge on any atom is -0.364 e. The van der Waals surface area contributed by atoms with Crippen LogP contribution in [0.5, 0.6) is 0 Å². The molecule has 1 N–H and O–H groups in total. The summed E-state index contributed by atoms with van der Waals surface area (Å²) in [5.74, 6) is 0. The van der Waals surface area contributed by atoms with Crippen LogP contribution >= 0.6 is 0 Å². The van der Waals surface area contributed by atoms with Crippen LogP contribution in [0.4, 0.5) is 0 Å². The average Bonchev–Trinajstić information content (AvgIpc) is 2.05. The van der Waals surface area contributed by atoms with Crippen molar-refractivity contribution in [1.82, 2.24) is 5.32 Å². The maximum atomic E-state index is 4.29. The third-order valence-electron chi connectivity index (χ3n) is 1.81. The first-order valence-electron chi connectivity index (χ1n) is 3.63. The molecule has 2 rings (SSSR count). The molecule has 0 saturated heterocycles. The van der Waals surface area contributed by atoms with Crippen LogP contribution < -0.4 is 5.32 Å². The van der Waals surface area contributed by atoms with Crippen molar-refractivity contribution in [3.63, 3.8) is 0 Å². The van der Waals surface area contributed by atoms with Gasteiger partial charge in [0.05, 0.1) is 5.70 Å². The molecule has 2 nitrogen and oxygen atoms in total. The Morgan fingerprint density at radius 1 is 1.50 bits per heavy atom. The van der Waals surface area contributed by atoms with E-state index in [1.54, 1.807) is 0 Å². The van der Waals surface area contributed by atoms with Crippen LogP contribution in [0.25, 0.3) is 0 Å². The Balaban J connectivity index is 2.25. The highest BCUT2D eigenvalue weighted by molar-refractivity contribution is 5.61. The minimum atomic E-state index is 0.999.